The molecule has 0 unspecified atom stereocenters. The molecule has 2 nitrogen and oxygen atoms in total. The molecule has 0 saturated heterocycles. The lowest BCUT2D eigenvalue weighted by Crippen LogP contribution is -2.09. The van der Waals surface area contributed by atoms with Gasteiger partial charge in [-0.3, -0.25) is 0 Å². The highest BCUT2D eigenvalue weighted by Gasteiger charge is 2.26. The predicted molar refractivity (Wildman–Crippen MR) is 142 cm³/mol. The molecule has 0 spiro atoms. The van der Waals surface area contributed by atoms with Gasteiger partial charge in [0.15, 0.2) is 0 Å². The van der Waals surface area contributed by atoms with Crippen molar-refractivity contribution in [2.45, 2.75) is 12.8 Å². The molecule has 0 heterocycles. The number of nitrogens with zero attached hydrogens (tertiary/aromatic N) is 1. The van der Waals surface area contributed by atoms with E-state index in [4.69, 9.17) is 5.73 Å². The summed E-state index contributed by atoms with van der Waals surface area (Å²) in [6.45, 7) is 0. The van der Waals surface area contributed by atoms with Gasteiger partial charge >= 0.3 is 0 Å². The number of benzene rings is 5. The molecule has 0 saturated carbocycles. The Morgan fingerprint density at radius 2 is 0.941 bits per heavy atom. The number of fused-ring (bicyclic) bond motifs is 6. The van der Waals surface area contributed by atoms with E-state index >= 15 is 0 Å². The van der Waals surface area contributed by atoms with Crippen molar-refractivity contribution in [2.24, 2.45) is 0 Å². The van der Waals surface area contributed by atoms with E-state index < -0.39 is 0 Å². The molecule has 0 aliphatic heterocycles. The van der Waals surface area contributed by atoms with E-state index in [1.54, 1.807) is 0 Å². The zero-order valence-corrected chi connectivity index (χ0v) is 18.8. The quantitative estimate of drug-likeness (QED) is 0.285. The minimum atomic E-state index is 0.846. The number of para-hydroxylation sites is 2. The molecule has 162 valence electrons. The Labute approximate surface area is 199 Å². The fourth-order valence-electron chi connectivity index (χ4n) is 5.65. The molecule has 0 bridgehead atoms. The molecule has 0 fully saturated rings. The van der Waals surface area contributed by atoms with E-state index in [9.17, 15) is 0 Å². The fourth-order valence-corrected chi connectivity index (χ4v) is 5.65. The number of anilines is 4. The maximum Gasteiger partial charge on any atom is 0.0464 e. The Balaban J connectivity index is 1.31. The Morgan fingerprint density at radius 3 is 1.53 bits per heavy atom. The molecule has 5 aromatic carbocycles. The minimum Gasteiger partial charge on any atom is -0.399 e. The first-order chi connectivity index (χ1) is 16.7. The molecular weight excluding hydrogens is 412 g/mol. The second-order valence-corrected chi connectivity index (χ2v) is 9.28. The topological polar surface area (TPSA) is 29.3 Å². The van der Waals surface area contributed by atoms with Crippen LogP contribution in [0, 0.1) is 0 Å². The van der Waals surface area contributed by atoms with Gasteiger partial charge in [0.05, 0.1) is 0 Å². The zero-order chi connectivity index (χ0) is 22.6. The smallest absolute Gasteiger partial charge is 0.0464 e. The normalized spacial score (nSPS) is 12.6. The molecule has 0 amide bonds. The standard InChI is InChI=1S/C32H24N2/c33-25-11-13-29-21(17-25)15-23-19-32-24(20-31(23)29)16-22-18-28(12-14-30(22)32)34(26-7-3-1-4-8-26)27-9-5-2-6-10-27/h1-14,17-20H,15-16,33H2. The summed E-state index contributed by atoms with van der Waals surface area (Å²) in [6, 6.07) is 39.3. The largest absolute Gasteiger partial charge is 0.399 e. The first kappa shape index (κ1) is 19.2. The zero-order valence-electron chi connectivity index (χ0n) is 18.8. The molecule has 2 aliphatic rings. The number of nitrogens with two attached hydrogens (primary N) is 1. The maximum absolute atomic E-state index is 6.04. The summed E-state index contributed by atoms with van der Waals surface area (Å²) >= 11 is 0. The summed E-state index contributed by atoms with van der Waals surface area (Å²) in [6.07, 6.45) is 1.93. The fraction of sp³-hybridized carbons (Fsp3) is 0.0625. The number of rotatable bonds is 3. The van der Waals surface area contributed by atoms with Crippen LogP contribution >= 0.6 is 0 Å². The summed E-state index contributed by atoms with van der Waals surface area (Å²) in [4.78, 5) is 2.34. The van der Waals surface area contributed by atoms with Crippen LogP contribution in [0.4, 0.5) is 22.7 Å². The van der Waals surface area contributed by atoms with Crippen molar-refractivity contribution in [1.29, 1.82) is 0 Å². The van der Waals surface area contributed by atoms with Gasteiger partial charge < -0.3 is 10.6 Å². The van der Waals surface area contributed by atoms with Crippen LogP contribution in [0.1, 0.15) is 22.3 Å². The first-order valence-corrected chi connectivity index (χ1v) is 11.8. The molecule has 0 radical (unpaired) electrons. The molecule has 7 rings (SSSR count). The summed E-state index contributed by atoms with van der Waals surface area (Å²) in [5.74, 6) is 0. The average molecular weight is 437 g/mol. The molecule has 0 aromatic heterocycles. The minimum absolute atomic E-state index is 0.846. The molecule has 34 heavy (non-hydrogen) atoms. The third-order valence-corrected chi connectivity index (χ3v) is 7.18. The predicted octanol–water partition coefficient (Wildman–Crippen LogP) is 7.88. The third-order valence-electron chi connectivity index (χ3n) is 7.18. The van der Waals surface area contributed by atoms with Crippen LogP contribution in [0.3, 0.4) is 0 Å². The Hall–Kier alpha value is -4.30. The van der Waals surface area contributed by atoms with Gasteiger partial charge in [0, 0.05) is 22.7 Å². The van der Waals surface area contributed by atoms with Crippen molar-refractivity contribution >= 4 is 22.7 Å². The van der Waals surface area contributed by atoms with E-state index in [0.717, 1.165) is 18.5 Å². The first-order valence-electron chi connectivity index (χ1n) is 11.8. The second kappa shape index (κ2) is 7.36. The van der Waals surface area contributed by atoms with E-state index in [2.05, 4.69) is 108 Å². The summed E-state index contributed by atoms with van der Waals surface area (Å²) in [5, 5.41) is 0. The van der Waals surface area contributed by atoms with Gasteiger partial charge in [-0.1, -0.05) is 48.5 Å². The summed E-state index contributed by atoms with van der Waals surface area (Å²) < 4.78 is 0. The molecular formula is C32H24N2. The highest BCUT2D eigenvalue weighted by molar-refractivity contribution is 5.88. The lowest BCUT2D eigenvalue weighted by Gasteiger charge is -2.26. The summed E-state index contributed by atoms with van der Waals surface area (Å²) in [5.41, 5.74) is 21.4. The average Bonchev–Trinajstić information content (AvgIpc) is 3.40. The second-order valence-electron chi connectivity index (χ2n) is 9.28. The van der Waals surface area contributed by atoms with Crippen LogP contribution in [0.2, 0.25) is 0 Å². The lowest BCUT2D eigenvalue weighted by atomic mass is 9.98. The molecule has 2 heteroatoms. The SMILES string of the molecule is Nc1ccc2c(c1)Cc1cc3c(cc1-2)Cc1cc(N(c2ccccc2)c2ccccc2)ccc1-3. The van der Waals surface area contributed by atoms with Gasteiger partial charge in [-0.2, -0.15) is 0 Å². The van der Waals surface area contributed by atoms with E-state index in [0.29, 0.717) is 0 Å². The van der Waals surface area contributed by atoms with Crippen molar-refractivity contribution in [3.63, 3.8) is 0 Å². The van der Waals surface area contributed by atoms with Crippen LogP contribution in [-0.2, 0) is 12.8 Å². The molecule has 5 aromatic rings. The summed E-state index contributed by atoms with van der Waals surface area (Å²) in [7, 11) is 0. The Kier molecular flexibility index (Phi) is 4.16. The lowest BCUT2D eigenvalue weighted by molar-refractivity contribution is 1.23. The van der Waals surface area contributed by atoms with Crippen LogP contribution in [0.25, 0.3) is 22.3 Å². The van der Waals surface area contributed by atoms with E-state index in [1.165, 1.54) is 61.6 Å². The van der Waals surface area contributed by atoms with Crippen molar-refractivity contribution < 1.29 is 0 Å². The van der Waals surface area contributed by atoms with Crippen molar-refractivity contribution in [2.75, 3.05) is 10.6 Å². The number of nitrogen functional groups attached to an aromatic ring is 1. The number of hydrogen-bond acceptors (Lipinski definition) is 2. The highest BCUT2D eigenvalue weighted by atomic mass is 15.1. The monoisotopic (exact) mass is 436 g/mol. The van der Waals surface area contributed by atoms with E-state index in [-0.39, 0.29) is 0 Å². The van der Waals surface area contributed by atoms with E-state index in [1.807, 2.05) is 6.07 Å². The van der Waals surface area contributed by atoms with Gasteiger partial charge in [0.1, 0.15) is 0 Å². The molecule has 2 N–H and O–H groups in total. The van der Waals surface area contributed by atoms with Crippen molar-refractivity contribution in [3.05, 3.63) is 131 Å². The van der Waals surface area contributed by atoms with Gasteiger partial charge in [-0.05, 0) is 118 Å². The van der Waals surface area contributed by atoms with Gasteiger partial charge in [0.25, 0.3) is 0 Å². The maximum atomic E-state index is 6.04. The van der Waals surface area contributed by atoms with Gasteiger partial charge in [-0.15, -0.1) is 0 Å². The van der Waals surface area contributed by atoms with Crippen LogP contribution in [0.5, 0.6) is 0 Å². The van der Waals surface area contributed by atoms with Gasteiger partial charge in [0.2, 0.25) is 0 Å². The van der Waals surface area contributed by atoms with Crippen LogP contribution in [0.15, 0.2) is 109 Å². The van der Waals surface area contributed by atoms with Crippen LogP contribution < -0.4 is 10.6 Å². The third kappa shape index (κ3) is 2.96. The molecule has 2 aliphatic carbocycles. The Bertz CT molecular complexity index is 1510. The van der Waals surface area contributed by atoms with Crippen molar-refractivity contribution in [3.8, 4) is 22.3 Å². The molecule has 0 atom stereocenters. The van der Waals surface area contributed by atoms with Crippen LogP contribution in [-0.4, -0.2) is 0 Å². The van der Waals surface area contributed by atoms with Gasteiger partial charge in [-0.25, -0.2) is 0 Å². The number of hydrogen-bond donors (Lipinski definition) is 1. The Morgan fingerprint density at radius 1 is 0.441 bits per heavy atom. The van der Waals surface area contributed by atoms with Crippen molar-refractivity contribution in [1.82, 2.24) is 0 Å². The highest BCUT2D eigenvalue weighted by Crippen LogP contribution is 2.46.